The molecule has 1 aliphatic rings. The van der Waals surface area contributed by atoms with Gasteiger partial charge in [0.15, 0.2) is 5.69 Å². The molecule has 0 bridgehead atoms. The van der Waals surface area contributed by atoms with Crippen molar-refractivity contribution < 1.29 is 13.2 Å². The van der Waals surface area contributed by atoms with Crippen molar-refractivity contribution in [3.8, 4) is 0 Å². The highest BCUT2D eigenvalue weighted by atomic mass is 32.1. The Balaban J connectivity index is 2.09. The number of aryl methyl sites for hydroxylation is 1. The van der Waals surface area contributed by atoms with Crippen LogP contribution in [0.15, 0.2) is 0 Å². The molecule has 3 nitrogen and oxygen atoms in total. The molecular formula is C13H20F3N3S. The molecule has 1 atom stereocenters. The Labute approximate surface area is 121 Å². The summed E-state index contributed by atoms with van der Waals surface area (Å²) in [4.78, 5) is 6.02. The zero-order chi connectivity index (χ0) is 14.8. The summed E-state index contributed by atoms with van der Waals surface area (Å²) in [6.45, 7) is 3.88. The Bertz CT molecular complexity index is 437. The maximum atomic E-state index is 12.9. The number of thiazole rings is 1. The van der Waals surface area contributed by atoms with E-state index in [1.54, 1.807) is 6.92 Å². The Kier molecular flexibility index (Phi) is 5.04. The molecule has 0 saturated carbocycles. The highest BCUT2D eigenvalue weighted by Gasteiger charge is 2.37. The maximum absolute atomic E-state index is 12.9. The van der Waals surface area contributed by atoms with Gasteiger partial charge in [0, 0.05) is 12.6 Å². The molecule has 0 spiro atoms. The molecule has 1 saturated heterocycles. The Morgan fingerprint density at radius 2 is 2.10 bits per heavy atom. The van der Waals surface area contributed by atoms with Gasteiger partial charge in [-0.3, -0.25) is 4.90 Å². The Morgan fingerprint density at radius 1 is 1.35 bits per heavy atom. The second-order valence-corrected chi connectivity index (χ2v) is 6.54. The molecule has 20 heavy (non-hydrogen) atoms. The molecule has 0 aromatic carbocycles. The van der Waals surface area contributed by atoms with E-state index in [0.717, 1.165) is 43.7 Å². The first-order valence-electron chi connectivity index (χ1n) is 6.82. The van der Waals surface area contributed by atoms with Crippen LogP contribution in [0.1, 0.15) is 34.8 Å². The Morgan fingerprint density at radius 3 is 2.80 bits per heavy atom. The van der Waals surface area contributed by atoms with Crippen LogP contribution >= 0.6 is 11.3 Å². The lowest BCUT2D eigenvalue weighted by Crippen LogP contribution is -2.32. The SMILES string of the molecule is Cc1nc(C(F)(F)F)c(CN(C)C2CCCNCC2)s1. The molecule has 0 radical (unpaired) electrons. The van der Waals surface area contributed by atoms with E-state index in [4.69, 9.17) is 0 Å². The largest absolute Gasteiger partial charge is 0.434 e. The van der Waals surface area contributed by atoms with E-state index in [-0.39, 0.29) is 0 Å². The van der Waals surface area contributed by atoms with Gasteiger partial charge in [0.1, 0.15) is 0 Å². The van der Waals surface area contributed by atoms with E-state index < -0.39 is 11.9 Å². The van der Waals surface area contributed by atoms with Crippen LogP contribution in [0.4, 0.5) is 13.2 Å². The van der Waals surface area contributed by atoms with Gasteiger partial charge in [-0.1, -0.05) is 0 Å². The van der Waals surface area contributed by atoms with E-state index in [1.807, 2.05) is 11.9 Å². The van der Waals surface area contributed by atoms with Gasteiger partial charge in [0.25, 0.3) is 0 Å². The summed E-state index contributed by atoms with van der Waals surface area (Å²) in [7, 11) is 1.91. The summed E-state index contributed by atoms with van der Waals surface area (Å²) < 4.78 is 38.8. The van der Waals surface area contributed by atoms with Crippen LogP contribution in [0.3, 0.4) is 0 Å². The first-order chi connectivity index (χ1) is 9.38. The summed E-state index contributed by atoms with van der Waals surface area (Å²) in [5, 5.41) is 3.79. The maximum Gasteiger partial charge on any atom is 0.434 e. The number of halogens is 3. The van der Waals surface area contributed by atoms with Gasteiger partial charge in [-0.05, 0) is 46.3 Å². The van der Waals surface area contributed by atoms with Gasteiger partial charge in [-0.15, -0.1) is 11.3 Å². The third-order valence-corrected chi connectivity index (χ3v) is 4.59. The van der Waals surface area contributed by atoms with Crippen molar-refractivity contribution in [2.75, 3.05) is 20.1 Å². The van der Waals surface area contributed by atoms with Crippen LogP contribution in [-0.2, 0) is 12.7 Å². The molecule has 7 heteroatoms. The number of hydrogen-bond acceptors (Lipinski definition) is 4. The molecule has 0 aliphatic carbocycles. The van der Waals surface area contributed by atoms with Crippen LogP contribution < -0.4 is 5.32 Å². The van der Waals surface area contributed by atoms with Crippen molar-refractivity contribution in [3.05, 3.63) is 15.6 Å². The third-order valence-electron chi connectivity index (χ3n) is 3.63. The second-order valence-electron chi connectivity index (χ2n) is 5.25. The fourth-order valence-corrected chi connectivity index (χ4v) is 3.61. The third kappa shape index (κ3) is 3.93. The summed E-state index contributed by atoms with van der Waals surface area (Å²) in [6.07, 6.45) is -1.27. The Hall–Kier alpha value is -0.660. The molecular weight excluding hydrogens is 287 g/mol. The zero-order valence-corrected chi connectivity index (χ0v) is 12.6. The number of nitrogens with one attached hydrogen (secondary N) is 1. The molecule has 1 aliphatic heterocycles. The molecule has 1 unspecified atom stereocenters. The molecule has 0 amide bonds. The lowest BCUT2D eigenvalue weighted by molar-refractivity contribution is -0.141. The van der Waals surface area contributed by atoms with Crippen molar-refractivity contribution >= 4 is 11.3 Å². The summed E-state index contributed by atoms with van der Waals surface area (Å²) >= 11 is 1.15. The minimum Gasteiger partial charge on any atom is -0.317 e. The molecule has 114 valence electrons. The number of rotatable bonds is 3. The molecule has 1 aromatic heterocycles. The first kappa shape index (κ1) is 15.7. The van der Waals surface area contributed by atoms with Crippen LogP contribution in [-0.4, -0.2) is 36.1 Å². The van der Waals surface area contributed by atoms with Crippen molar-refractivity contribution in [1.82, 2.24) is 15.2 Å². The van der Waals surface area contributed by atoms with Crippen LogP contribution in [0.5, 0.6) is 0 Å². The van der Waals surface area contributed by atoms with E-state index >= 15 is 0 Å². The molecule has 1 N–H and O–H groups in total. The van der Waals surface area contributed by atoms with E-state index in [1.165, 1.54) is 0 Å². The van der Waals surface area contributed by atoms with Crippen LogP contribution in [0.25, 0.3) is 0 Å². The quantitative estimate of drug-likeness (QED) is 0.930. The van der Waals surface area contributed by atoms with Crippen molar-refractivity contribution in [1.29, 1.82) is 0 Å². The number of alkyl halides is 3. The smallest absolute Gasteiger partial charge is 0.317 e. The standard InChI is InChI=1S/C13H20F3N3S/c1-9-18-12(13(14,15)16)11(20-9)8-19(2)10-4-3-6-17-7-5-10/h10,17H,3-8H2,1-2H3. The van der Waals surface area contributed by atoms with Gasteiger partial charge in [0.2, 0.25) is 0 Å². The van der Waals surface area contributed by atoms with Crippen LogP contribution in [0.2, 0.25) is 0 Å². The van der Waals surface area contributed by atoms with Crippen molar-refractivity contribution in [2.24, 2.45) is 0 Å². The van der Waals surface area contributed by atoms with Gasteiger partial charge in [-0.2, -0.15) is 13.2 Å². The lowest BCUT2D eigenvalue weighted by Gasteiger charge is -2.26. The van der Waals surface area contributed by atoms with E-state index in [2.05, 4.69) is 10.3 Å². The van der Waals surface area contributed by atoms with E-state index in [9.17, 15) is 13.2 Å². The summed E-state index contributed by atoms with van der Waals surface area (Å²) in [5.41, 5.74) is -0.710. The van der Waals surface area contributed by atoms with Crippen molar-refractivity contribution in [2.45, 2.75) is 44.9 Å². The van der Waals surface area contributed by atoms with Gasteiger partial charge in [-0.25, -0.2) is 4.98 Å². The van der Waals surface area contributed by atoms with Gasteiger partial charge < -0.3 is 5.32 Å². The van der Waals surface area contributed by atoms with E-state index in [0.29, 0.717) is 22.5 Å². The average Bonchev–Trinajstić information content (AvgIpc) is 2.59. The minimum absolute atomic E-state index is 0.324. The predicted octanol–water partition coefficient (Wildman–Crippen LogP) is 3.04. The van der Waals surface area contributed by atoms with Gasteiger partial charge in [0.05, 0.1) is 9.88 Å². The minimum atomic E-state index is -4.36. The monoisotopic (exact) mass is 307 g/mol. The molecule has 1 aromatic rings. The van der Waals surface area contributed by atoms with Crippen molar-refractivity contribution in [3.63, 3.8) is 0 Å². The molecule has 2 rings (SSSR count). The average molecular weight is 307 g/mol. The topological polar surface area (TPSA) is 28.2 Å². The lowest BCUT2D eigenvalue weighted by atomic mass is 10.1. The fourth-order valence-electron chi connectivity index (χ4n) is 2.59. The van der Waals surface area contributed by atoms with Gasteiger partial charge >= 0.3 is 6.18 Å². The van der Waals surface area contributed by atoms with Crippen LogP contribution in [0, 0.1) is 6.92 Å². The fraction of sp³-hybridized carbons (Fsp3) is 0.769. The second kappa shape index (κ2) is 6.41. The highest BCUT2D eigenvalue weighted by Crippen LogP contribution is 2.35. The number of hydrogen-bond donors (Lipinski definition) is 1. The summed E-state index contributed by atoms with van der Waals surface area (Å²) in [5.74, 6) is 0. The summed E-state index contributed by atoms with van der Waals surface area (Å²) in [6, 6.07) is 0.341. The first-order valence-corrected chi connectivity index (χ1v) is 7.64. The zero-order valence-electron chi connectivity index (χ0n) is 11.8. The number of aromatic nitrogens is 1. The molecule has 1 fully saturated rings. The molecule has 2 heterocycles. The highest BCUT2D eigenvalue weighted by molar-refractivity contribution is 7.11. The normalized spacial score (nSPS) is 21.2. The number of nitrogens with zero attached hydrogens (tertiary/aromatic N) is 2. The predicted molar refractivity (Wildman–Crippen MR) is 73.8 cm³/mol.